The quantitative estimate of drug-likeness (QED) is 0.621. The van der Waals surface area contributed by atoms with Crippen LogP contribution in [0, 0.1) is 0 Å². The molecule has 0 saturated heterocycles. The van der Waals surface area contributed by atoms with Crippen molar-refractivity contribution in [1.82, 2.24) is 4.72 Å². The van der Waals surface area contributed by atoms with Gasteiger partial charge in [-0.3, -0.25) is 4.79 Å². The van der Waals surface area contributed by atoms with Gasteiger partial charge in [0.1, 0.15) is 5.75 Å². The summed E-state index contributed by atoms with van der Waals surface area (Å²) in [5.41, 5.74) is 1.41. The van der Waals surface area contributed by atoms with Crippen LogP contribution in [-0.2, 0) is 26.0 Å². The van der Waals surface area contributed by atoms with Crippen molar-refractivity contribution >= 4 is 42.6 Å². The molecule has 1 N–H and O–H groups in total. The number of sulfonamides is 1. The zero-order valence-corrected chi connectivity index (χ0v) is 17.9. The first-order valence-electron chi connectivity index (χ1n) is 8.93. The van der Waals surface area contributed by atoms with E-state index in [0.717, 1.165) is 15.4 Å². The Kier molecular flexibility index (Phi) is 5.33. The van der Waals surface area contributed by atoms with Crippen LogP contribution in [0.2, 0.25) is 0 Å². The Morgan fingerprint density at radius 2 is 1.90 bits per heavy atom. The van der Waals surface area contributed by atoms with Crippen molar-refractivity contribution in [2.24, 2.45) is 0 Å². The fourth-order valence-corrected chi connectivity index (χ4v) is 5.34. The van der Waals surface area contributed by atoms with E-state index in [1.54, 1.807) is 24.3 Å². The first kappa shape index (κ1) is 19.9. The van der Waals surface area contributed by atoms with E-state index in [-0.39, 0.29) is 4.90 Å². The van der Waals surface area contributed by atoms with Crippen molar-refractivity contribution in [3.8, 4) is 5.75 Å². The van der Waals surface area contributed by atoms with Gasteiger partial charge in [-0.15, -0.1) is 0 Å². The number of hydrogen-bond donors (Lipinski definition) is 1. The molecule has 150 valence electrons. The van der Waals surface area contributed by atoms with Gasteiger partial charge in [0.05, 0.1) is 18.6 Å². The van der Waals surface area contributed by atoms with Gasteiger partial charge in [0.25, 0.3) is 15.9 Å². The molecule has 0 aromatic heterocycles. The van der Waals surface area contributed by atoms with Crippen LogP contribution < -0.4 is 9.46 Å². The molecule has 4 rings (SSSR count). The predicted octanol–water partition coefficient (Wildman–Crippen LogP) is 3.73. The van der Waals surface area contributed by atoms with E-state index in [0.29, 0.717) is 29.7 Å². The first-order valence-corrected chi connectivity index (χ1v) is 11.2. The minimum absolute atomic E-state index is 0.0428. The lowest BCUT2D eigenvalue weighted by atomic mass is 9.96. The van der Waals surface area contributed by atoms with Crippen LogP contribution >= 0.6 is 15.9 Å². The summed E-state index contributed by atoms with van der Waals surface area (Å²) in [7, 11) is -2.60. The van der Waals surface area contributed by atoms with E-state index in [4.69, 9.17) is 9.47 Å². The highest BCUT2D eigenvalue weighted by Gasteiger charge is 2.34. The van der Waals surface area contributed by atoms with Crippen LogP contribution in [0.1, 0.15) is 17.2 Å². The molecule has 0 spiro atoms. The molecule has 1 amide bonds. The molecule has 6 nitrogen and oxygen atoms in total. The van der Waals surface area contributed by atoms with Gasteiger partial charge in [-0.1, -0.05) is 52.3 Å². The van der Waals surface area contributed by atoms with Crippen molar-refractivity contribution < 1.29 is 22.7 Å². The van der Waals surface area contributed by atoms with Gasteiger partial charge >= 0.3 is 0 Å². The second-order valence-electron chi connectivity index (χ2n) is 6.59. The normalized spacial score (nSPS) is 16.3. The van der Waals surface area contributed by atoms with Crippen molar-refractivity contribution in [2.45, 2.75) is 17.4 Å². The van der Waals surface area contributed by atoms with Gasteiger partial charge in [0.15, 0.2) is 6.10 Å². The van der Waals surface area contributed by atoms with Crippen LogP contribution in [0.3, 0.4) is 0 Å². The number of methoxy groups -OCH3 is 1. The summed E-state index contributed by atoms with van der Waals surface area (Å²) >= 11 is 3.49. The third kappa shape index (κ3) is 3.63. The van der Waals surface area contributed by atoms with Crippen LogP contribution in [0.25, 0.3) is 10.8 Å². The summed E-state index contributed by atoms with van der Waals surface area (Å²) in [6.07, 6.45) is -0.497. The Bertz CT molecular complexity index is 1200. The lowest BCUT2D eigenvalue weighted by molar-refractivity contribution is -0.132. The molecule has 1 atom stereocenters. The molecular weight excluding hydrogens is 458 g/mol. The molecule has 8 heteroatoms. The molecule has 0 aliphatic carbocycles. The van der Waals surface area contributed by atoms with Crippen LogP contribution in [-0.4, -0.2) is 28.0 Å². The summed E-state index contributed by atoms with van der Waals surface area (Å²) < 4.78 is 40.1. The topological polar surface area (TPSA) is 81.7 Å². The number of carbonyl (C=O) groups excluding carboxylic acids is 1. The van der Waals surface area contributed by atoms with Gasteiger partial charge in [-0.2, -0.15) is 0 Å². The third-order valence-electron chi connectivity index (χ3n) is 4.89. The SMILES string of the molecule is COc1ccc(Br)c2c1C(C(=O)NS(=O)(=O)c1cccc3ccccc13)OCC2. The molecule has 1 aliphatic rings. The number of carbonyl (C=O) groups is 1. The second kappa shape index (κ2) is 7.78. The lowest BCUT2D eigenvalue weighted by Crippen LogP contribution is -2.38. The van der Waals surface area contributed by atoms with Gasteiger partial charge in [0.2, 0.25) is 0 Å². The summed E-state index contributed by atoms with van der Waals surface area (Å²) in [6.45, 7) is 0.297. The maximum absolute atomic E-state index is 13.0. The highest BCUT2D eigenvalue weighted by atomic mass is 79.9. The number of hydrogen-bond acceptors (Lipinski definition) is 5. The molecule has 0 fully saturated rings. The second-order valence-corrected chi connectivity index (χ2v) is 9.09. The molecule has 3 aromatic rings. The lowest BCUT2D eigenvalue weighted by Gasteiger charge is -2.27. The van der Waals surface area contributed by atoms with E-state index in [1.807, 2.05) is 24.3 Å². The third-order valence-corrected chi connectivity index (χ3v) is 7.04. The maximum atomic E-state index is 13.0. The molecule has 1 aliphatic heterocycles. The molecule has 0 saturated carbocycles. The van der Waals surface area contributed by atoms with E-state index < -0.39 is 22.0 Å². The van der Waals surface area contributed by atoms with Crippen LogP contribution in [0.5, 0.6) is 5.75 Å². The Morgan fingerprint density at radius 1 is 1.14 bits per heavy atom. The van der Waals surface area contributed by atoms with Crippen LogP contribution in [0.15, 0.2) is 64.0 Å². The number of nitrogens with one attached hydrogen (secondary N) is 1. The first-order chi connectivity index (χ1) is 13.9. The average molecular weight is 476 g/mol. The fourth-order valence-electron chi connectivity index (χ4n) is 3.58. The summed E-state index contributed by atoms with van der Waals surface area (Å²) in [4.78, 5) is 13.0. The van der Waals surface area contributed by atoms with E-state index in [9.17, 15) is 13.2 Å². The van der Waals surface area contributed by atoms with Gasteiger partial charge < -0.3 is 9.47 Å². The van der Waals surface area contributed by atoms with Crippen molar-refractivity contribution in [1.29, 1.82) is 0 Å². The van der Waals surface area contributed by atoms with Crippen molar-refractivity contribution in [3.05, 3.63) is 70.2 Å². The summed E-state index contributed by atoms with van der Waals surface area (Å²) in [5.74, 6) is -0.277. The minimum atomic E-state index is -4.10. The maximum Gasteiger partial charge on any atom is 0.267 e. The minimum Gasteiger partial charge on any atom is -0.496 e. The van der Waals surface area contributed by atoms with Gasteiger partial charge in [0, 0.05) is 15.4 Å². The van der Waals surface area contributed by atoms with Crippen molar-refractivity contribution in [3.63, 3.8) is 0 Å². The fraction of sp³-hybridized carbons (Fsp3) is 0.190. The predicted molar refractivity (Wildman–Crippen MR) is 112 cm³/mol. The molecule has 29 heavy (non-hydrogen) atoms. The zero-order chi connectivity index (χ0) is 20.6. The number of ether oxygens (including phenoxy) is 2. The number of fused-ring (bicyclic) bond motifs is 2. The number of amides is 1. The Morgan fingerprint density at radius 3 is 2.69 bits per heavy atom. The van der Waals surface area contributed by atoms with Gasteiger partial charge in [-0.25, -0.2) is 13.1 Å². The molecule has 0 bridgehead atoms. The molecular formula is C21H18BrNO5S. The van der Waals surface area contributed by atoms with E-state index in [2.05, 4.69) is 20.7 Å². The van der Waals surface area contributed by atoms with Crippen molar-refractivity contribution in [2.75, 3.05) is 13.7 Å². The standard InChI is InChI=1S/C21H18BrNO5S/c1-27-17-10-9-16(22)15-11-12-28-20(19(15)17)21(24)23-29(25,26)18-8-4-6-13-5-2-3-7-14(13)18/h2-10,20H,11-12H2,1H3,(H,23,24). The number of benzene rings is 3. The highest BCUT2D eigenvalue weighted by Crippen LogP contribution is 2.39. The van der Waals surface area contributed by atoms with E-state index >= 15 is 0 Å². The molecule has 0 radical (unpaired) electrons. The molecule has 3 aromatic carbocycles. The smallest absolute Gasteiger partial charge is 0.267 e. The summed E-state index contributed by atoms with van der Waals surface area (Å²) in [6, 6.07) is 15.6. The monoisotopic (exact) mass is 475 g/mol. The van der Waals surface area contributed by atoms with Crippen LogP contribution in [0.4, 0.5) is 0 Å². The Balaban J connectivity index is 1.72. The molecule has 1 heterocycles. The average Bonchev–Trinajstić information content (AvgIpc) is 2.73. The Labute approximate surface area is 177 Å². The van der Waals surface area contributed by atoms with E-state index in [1.165, 1.54) is 13.2 Å². The number of halogens is 1. The summed E-state index contributed by atoms with van der Waals surface area (Å²) in [5, 5.41) is 1.31. The Hall–Kier alpha value is -2.42. The highest BCUT2D eigenvalue weighted by molar-refractivity contribution is 9.10. The van der Waals surface area contributed by atoms with Gasteiger partial charge in [-0.05, 0) is 35.6 Å². The zero-order valence-electron chi connectivity index (χ0n) is 15.5. The number of rotatable bonds is 4. The largest absolute Gasteiger partial charge is 0.496 e. The molecule has 1 unspecified atom stereocenters.